The van der Waals surface area contributed by atoms with Crippen LogP contribution in [0.3, 0.4) is 0 Å². The third-order valence-corrected chi connectivity index (χ3v) is 3.23. The first kappa shape index (κ1) is 12.1. The highest BCUT2D eigenvalue weighted by molar-refractivity contribution is 6.55. The number of rotatable bonds is 2. The van der Waals surface area contributed by atoms with E-state index in [0.717, 1.165) is 5.57 Å². The van der Waals surface area contributed by atoms with Crippen molar-refractivity contribution in [2.24, 2.45) is 0 Å². The SMILES string of the molecule is C/C(=C/Cl)CN1C(=O)C(=O)c2c(Cl)cccc21. The Kier molecular flexibility index (Phi) is 3.22. The maximum absolute atomic E-state index is 11.8. The zero-order valence-electron chi connectivity index (χ0n) is 9.04. The molecule has 2 rings (SSSR count). The van der Waals surface area contributed by atoms with Gasteiger partial charge in [-0.15, -0.1) is 0 Å². The van der Waals surface area contributed by atoms with E-state index in [1.165, 1.54) is 10.4 Å². The fourth-order valence-electron chi connectivity index (χ4n) is 1.74. The molecule has 3 nitrogen and oxygen atoms in total. The van der Waals surface area contributed by atoms with Gasteiger partial charge in [0.05, 0.1) is 16.3 Å². The standard InChI is InChI=1S/C12H9Cl2NO2/c1-7(5-13)6-15-9-4-2-3-8(14)10(9)11(16)12(15)17/h2-5H,6H2,1H3/b7-5-. The molecule has 1 aromatic carbocycles. The first-order chi connectivity index (χ1) is 8.06. The Morgan fingerprint density at radius 1 is 1.41 bits per heavy atom. The average Bonchev–Trinajstić information content (AvgIpc) is 2.55. The van der Waals surface area contributed by atoms with E-state index >= 15 is 0 Å². The van der Waals surface area contributed by atoms with E-state index in [1.807, 2.05) is 0 Å². The molecule has 0 aromatic heterocycles. The lowest BCUT2D eigenvalue weighted by atomic mass is 10.1. The number of hydrogen-bond acceptors (Lipinski definition) is 2. The second-order valence-electron chi connectivity index (χ2n) is 3.81. The topological polar surface area (TPSA) is 37.4 Å². The predicted octanol–water partition coefficient (Wildman–Crippen LogP) is 3.01. The zero-order valence-corrected chi connectivity index (χ0v) is 10.5. The average molecular weight is 270 g/mol. The number of nitrogens with zero attached hydrogens (tertiary/aromatic N) is 1. The van der Waals surface area contributed by atoms with Gasteiger partial charge in [-0.25, -0.2) is 0 Å². The quantitative estimate of drug-likeness (QED) is 0.774. The Labute approximate surface area is 109 Å². The fraction of sp³-hybridized carbons (Fsp3) is 0.167. The number of hydrogen-bond donors (Lipinski definition) is 0. The van der Waals surface area contributed by atoms with Gasteiger partial charge in [-0.05, 0) is 24.6 Å². The van der Waals surface area contributed by atoms with Gasteiger partial charge in [-0.3, -0.25) is 9.59 Å². The maximum atomic E-state index is 11.8. The van der Waals surface area contributed by atoms with Gasteiger partial charge in [-0.1, -0.05) is 29.3 Å². The van der Waals surface area contributed by atoms with Crippen LogP contribution >= 0.6 is 23.2 Å². The smallest absolute Gasteiger partial charge is 0.299 e. The van der Waals surface area contributed by atoms with Crippen molar-refractivity contribution in [1.29, 1.82) is 0 Å². The highest BCUT2D eigenvalue weighted by Gasteiger charge is 2.37. The van der Waals surface area contributed by atoms with Gasteiger partial charge in [0, 0.05) is 12.1 Å². The molecule has 1 aliphatic heterocycles. The summed E-state index contributed by atoms with van der Waals surface area (Å²) >= 11 is 11.5. The minimum absolute atomic E-state index is 0.279. The highest BCUT2D eigenvalue weighted by atomic mass is 35.5. The normalized spacial score (nSPS) is 15.5. The molecular formula is C12H9Cl2NO2. The highest BCUT2D eigenvalue weighted by Crippen LogP contribution is 2.34. The summed E-state index contributed by atoms with van der Waals surface area (Å²) in [5.74, 6) is -1.13. The van der Waals surface area contributed by atoms with Crippen molar-refractivity contribution in [2.75, 3.05) is 11.4 Å². The number of benzene rings is 1. The van der Waals surface area contributed by atoms with Crippen LogP contribution in [0.25, 0.3) is 0 Å². The molecule has 1 aliphatic rings. The van der Waals surface area contributed by atoms with E-state index in [1.54, 1.807) is 25.1 Å². The predicted molar refractivity (Wildman–Crippen MR) is 67.7 cm³/mol. The number of fused-ring (bicyclic) bond motifs is 1. The minimum Gasteiger partial charge on any atom is -0.301 e. The van der Waals surface area contributed by atoms with Crippen LogP contribution in [0.1, 0.15) is 17.3 Å². The van der Waals surface area contributed by atoms with Gasteiger partial charge in [0.25, 0.3) is 11.7 Å². The van der Waals surface area contributed by atoms with Crippen molar-refractivity contribution in [2.45, 2.75) is 6.92 Å². The molecule has 0 atom stereocenters. The van der Waals surface area contributed by atoms with Gasteiger partial charge < -0.3 is 4.90 Å². The third-order valence-electron chi connectivity index (χ3n) is 2.54. The molecule has 0 saturated heterocycles. The van der Waals surface area contributed by atoms with Crippen LogP contribution in [0.15, 0.2) is 29.3 Å². The molecule has 17 heavy (non-hydrogen) atoms. The molecule has 0 bridgehead atoms. The Morgan fingerprint density at radius 3 is 2.76 bits per heavy atom. The number of halogens is 2. The van der Waals surface area contributed by atoms with E-state index in [9.17, 15) is 9.59 Å². The zero-order chi connectivity index (χ0) is 12.6. The minimum atomic E-state index is -0.564. The molecule has 5 heteroatoms. The monoisotopic (exact) mass is 269 g/mol. The number of ketones is 1. The number of Topliss-reactive ketones (excluding diaryl/α,β-unsaturated/α-hetero) is 1. The summed E-state index contributed by atoms with van der Waals surface area (Å²) in [4.78, 5) is 25.0. The first-order valence-corrected chi connectivity index (χ1v) is 5.78. The fourth-order valence-corrected chi connectivity index (χ4v) is 2.07. The Morgan fingerprint density at radius 2 is 2.12 bits per heavy atom. The van der Waals surface area contributed by atoms with E-state index in [2.05, 4.69) is 0 Å². The second kappa shape index (κ2) is 4.51. The summed E-state index contributed by atoms with van der Waals surface area (Å²) < 4.78 is 0. The molecule has 0 spiro atoms. The molecule has 88 valence electrons. The Bertz CT molecular complexity index is 537. The van der Waals surface area contributed by atoms with E-state index in [-0.39, 0.29) is 5.56 Å². The van der Waals surface area contributed by atoms with Gasteiger partial charge in [0.15, 0.2) is 0 Å². The van der Waals surface area contributed by atoms with Gasteiger partial charge in [0.1, 0.15) is 0 Å². The van der Waals surface area contributed by atoms with Crippen LogP contribution in [-0.4, -0.2) is 18.2 Å². The van der Waals surface area contributed by atoms with E-state index in [4.69, 9.17) is 23.2 Å². The lowest BCUT2D eigenvalue weighted by Crippen LogP contribution is -2.31. The van der Waals surface area contributed by atoms with E-state index in [0.29, 0.717) is 17.3 Å². The van der Waals surface area contributed by atoms with Crippen molar-refractivity contribution in [1.82, 2.24) is 0 Å². The van der Waals surface area contributed by atoms with Crippen LogP contribution in [0.4, 0.5) is 5.69 Å². The molecular weight excluding hydrogens is 261 g/mol. The molecule has 0 aliphatic carbocycles. The molecule has 1 heterocycles. The number of amides is 1. The summed E-state index contributed by atoms with van der Waals surface area (Å²) in [5, 5.41) is 0.302. The molecule has 1 aromatic rings. The summed E-state index contributed by atoms with van der Waals surface area (Å²) in [6.07, 6.45) is 0. The van der Waals surface area contributed by atoms with Gasteiger partial charge >= 0.3 is 0 Å². The van der Waals surface area contributed by atoms with Crippen molar-refractivity contribution in [3.05, 3.63) is 39.9 Å². The maximum Gasteiger partial charge on any atom is 0.299 e. The number of carbonyl (C=O) groups is 2. The van der Waals surface area contributed by atoms with Crippen molar-refractivity contribution in [3.8, 4) is 0 Å². The van der Waals surface area contributed by atoms with Crippen molar-refractivity contribution < 1.29 is 9.59 Å². The van der Waals surface area contributed by atoms with Crippen molar-refractivity contribution >= 4 is 40.6 Å². The molecule has 0 fully saturated rings. The van der Waals surface area contributed by atoms with Crippen LogP contribution in [0.2, 0.25) is 5.02 Å². The summed E-state index contributed by atoms with van der Waals surface area (Å²) in [5.41, 5.74) is 3.01. The van der Waals surface area contributed by atoms with Gasteiger partial charge in [0.2, 0.25) is 0 Å². The summed E-state index contributed by atoms with van der Waals surface area (Å²) in [7, 11) is 0. The Hall–Kier alpha value is -1.32. The summed E-state index contributed by atoms with van der Waals surface area (Å²) in [6, 6.07) is 5.00. The van der Waals surface area contributed by atoms with Crippen LogP contribution in [0.5, 0.6) is 0 Å². The lowest BCUT2D eigenvalue weighted by Gasteiger charge is -2.16. The lowest BCUT2D eigenvalue weighted by molar-refractivity contribution is -0.114. The third kappa shape index (κ3) is 1.96. The summed E-state index contributed by atoms with van der Waals surface area (Å²) in [6.45, 7) is 2.08. The molecule has 0 N–H and O–H groups in total. The van der Waals surface area contributed by atoms with Gasteiger partial charge in [-0.2, -0.15) is 0 Å². The largest absolute Gasteiger partial charge is 0.301 e. The van der Waals surface area contributed by atoms with Crippen LogP contribution < -0.4 is 4.90 Å². The van der Waals surface area contributed by atoms with Crippen LogP contribution in [-0.2, 0) is 4.79 Å². The first-order valence-electron chi connectivity index (χ1n) is 4.97. The number of carbonyl (C=O) groups excluding carboxylic acids is 2. The molecule has 0 radical (unpaired) electrons. The number of anilines is 1. The van der Waals surface area contributed by atoms with Crippen LogP contribution in [0, 0.1) is 0 Å². The van der Waals surface area contributed by atoms with Crippen molar-refractivity contribution in [3.63, 3.8) is 0 Å². The molecule has 0 unspecified atom stereocenters. The van der Waals surface area contributed by atoms with E-state index < -0.39 is 11.7 Å². The second-order valence-corrected chi connectivity index (χ2v) is 4.44. The molecule has 1 amide bonds. The molecule has 0 saturated carbocycles. The Balaban J connectivity index is 2.49.